The van der Waals surface area contributed by atoms with Crippen LogP contribution in [-0.4, -0.2) is 40.2 Å². The van der Waals surface area contributed by atoms with Crippen molar-refractivity contribution in [2.75, 3.05) is 13.7 Å². The Morgan fingerprint density at radius 2 is 2.14 bits per heavy atom. The first kappa shape index (κ1) is 18.6. The first-order valence-electron chi connectivity index (χ1n) is 8.58. The summed E-state index contributed by atoms with van der Waals surface area (Å²) in [7, 11) is 1.41. The third-order valence-electron chi connectivity index (χ3n) is 4.95. The van der Waals surface area contributed by atoms with Crippen LogP contribution in [0.4, 0.5) is 13.2 Å². The number of nitrogens with one attached hydrogen (secondary N) is 1. The number of hydrogen-bond acceptors (Lipinski definition) is 5. The SMILES string of the molecule is COc1cccc2c1OCC(O)(C(F)(F)F)C2NCc1cnn2ccccc12. The smallest absolute Gasteiger partial charge is 0.422 e. The van der Waals surface area contributed by atoms with Crippen molar-refractivity contribution in [1.82, 2.24) is 14.9 Å². The lowest BCUT2D eigenvalue weighted by atomic mass is 9.85. The molecular formula is C19H18F3N3O3. The van der Waals surface area contributed by atoms with Gasteiger partial charge in [-0.2, -0.15) is 18.3 Å². The molecule has 2 N–H and O–H groups in total. The molecule has 148 valence electrons. The summed E-state index contributed by atoms with van der Waals surface area (Å²) in [6, 6.07) is 8.65. The van der Waals surface area contributed by atoms with Gasteiger partial charge >= 0.3 is 6.18 Å². The molecule has 9 heteroatoms. The van der Waals surface area contributed by atoms with E-state index >= 15 is 0 Å². The van der Waals surface area contributed by atoms with Crippen LogP contribution in [0.15, 0.2) is 48.8 Å². The van der Waals surface area contributed by atoms with E-state index in [0.717, 1.165) is 5.52 Å². The summed E-state index contributed by atoms with van der Waals surface area (Å²) in [6.07, 6.45) is -1.56. The molecule has 0 radical (unpaired) electrons. The van der Waals surface area contributed by atoms with E-state index in [1.165, 1.54) is 13.2 Å². The monoisotopic (exact) mass is 393 g/mol. The van der Waals surface area contributed by atoms with Crippen LogP contribution in [0, 0.1) is 0 Å². The molecule has 1 aliphatic heterocycles. The molecule has 28 heavy (non-hydrogen) atoms. The molecule has 3 aromatic rings. The Bertz CT molecular complexity index is 1000. The third kappa shape index (κ3) is 2.87. The van der Waals surface area contributed by atoms with Crippen molar-refractivity contribution >= 4 is 5.52 Å². The Balaban J connectivity index is 1.72. The highest BCUT2D eigenvalue weighted by atomic mass is 19.4. The standard InChI is InChI=1S/C19H18F3N3O3/c1-27-15-7-4-5-13-16(15)28-11-18(26,19(20,21)22)17(13)23-9-12-10-24-25-8-3-2-6-14(12)25/h2-8,10,17,23,26H,9,11H2,1H3. The first-order chi connectivity index (χ1) is 13.3. The maximum Gasteiger partial charge on any atom is 0.422 e. The lowest BCUT2D eigenvalue weighted by Crippen LogP contribution is -2.60. The summed E-state index contributed by atoms with van der Waals surface area (Å²) in [6.45, 7) is -0.858. The normalized spacial score (nSPS) is 22.0. The summed E-state index contributed by atoms with van der Waals surface area (Å²) in [5, 5.41) is 17.6. The van der Waals surface area contributed by atoms with Gasteiger partial charge in [-0.1, -0.05) is 18.2 Å². The average Bonchev–Trinajstić information content (AvgIpc) is 3.09. The summed E-state index contributed by atoms with van der Waals surface area (Å²) < 4.78 is 53.4. The van der Waals surface area contributed by atoms with E-state index in [1.54, 1.807) is 35.1 Å². The average molecular weight is 393 g/mol. The molecule has 0 amide bonds. The van der Waals surface area contributed by atoms with Crippen LogP contribution < -0.4 is 14.8 Å². The minimum absolute atomic E-state index is 0.0766. The van der Waals surface area contributed by atoms with Gasteiger partial charge in [-0.05, 0) is 18.2 Å². The van der Waals surface area contributed by atoms with Crippen LogP contribution >= 0.6 is 0 Å². The highest BCUT2D eigenvalue weighted by Crippen LogP contribution is 2.49. The quantitative estimate of drug-likeness (QED) is 0.714. The van der Waals surface area contributed by atoms with E-state index in [-0.39, 0.29) is 17.9 Å². The lowest BCUT2D eigenvalue weighted by Gasteiger charge is -2.42. The molecule has 1 aromatic carbocycles. The van der Waals surface area contributed by atoms with Crippen LogP contribution in [0.3, 0.4) is 0 Å². The van der Waals surface area contributed by atoms with Crippen LogP contribution in [-0.2, 0) is 6.54 Å². The van der Waals surface area contributed by atoms with E-state index in [2.05, 4.69) is 10.4 Å². The van der Waals surface area contributed by atoms with Gasteiger partial charge in [0.25, 0.3) is 0 Å². The molecule has 0 saturated carbocycles. The first-order valence-corrected chi connectivity index (χ1v) is 8.58. The van der Waals surface area contributed by atoms with E-state index in [9.17, 15) is 18.3 Å². The highest BCUT2D eigenvalue weighted by Gasteiger charge is 2.62. The largest absolute Gasteiger partial charge is 0.493 e. The number of para-hydroxylation sites is 1. The van der Waals surface area contributed by atoms with Crippen molar-refractivity contribution in [2.24, 2.45) is 0 Å². The minimum Gasteiger partial charge on any atom is -0.493 e. The van der Waals surface area contributed by atoms with Crippen LogP contribution in [0.1, 0.15) is 17.2 Å². The molecule has 1 aliphatic rings. The minimum atomic E-state index is -4.90. The predicted octanol–water partition coefficient (Wildman–Crippen LogP) is 2.86. The van der Waals surface area contributed by atoms with Crippen molar-refractivity contribution in [2.45, 2.75) is 24.4 Å². The summed E-state index contributed by atoms with van der Waals surface area (Å²) >= 11 is 0. The molecule has 4 rings (SSSR count). The molecule has 2 unspecified atom stereocenters. The fourth-order valence-corrected chi connectivity index (χ4v) is 3.46. The number of methoxy groups -OCH3 is 1. The zero-order valence-corrected chi connectivity index (χ0v) is 14.9. The maximum absolute atomic E-state index is 13.8. The number of halogens is 3. The second-order valence-electron chi connectivity index (χ2n) is 6.60. The third-order valence-corrected chi connectivity index (χ3v) is 4.95. The molecule has 6 nitrogen and oxygen atoms in total. The Hall–Kier alpha value is -2.78. The van der Waals surface area contributed by atoms with Crippen molar-refractivity contribution in [3.8, 4) is 11.5 Å². The van der Waals surface area contributed by atoms with Crippen LogP contribution in [0.2, 0.25) is 0 Å². The van der Waals surface area contributed by atoms with Crippen molar-refractivity contribution < 1.29 is 27.8 Å². The maximum atomic E-state index is 13.8. The number of hydrogen-bond donors (Lipinski definition) is 2. The summed E-state index contributed by atoms with van der Waals surface area (Å²) in [5.74, 6) is 0.501. The zero-order valence-electron chi connectivity index (χ0n) is 14.9. The molecule has 0 fully saturated rings. The Labute approximate surface area is 158 Å². The molecule has 0 aliphatic carbocycles. The number of nitrogens with zero attached hydrogens (tertiary/aromatic N) is 2. The van der Waals surface area contributed by atoms with Gasteiger partial charge in [-0.25, -0.2) is 4.52 Å². The molecule has 3 heterocycles. The molecule has 0 bridgehead atoms. The topological polar surface area (TPSA) is 68.0 Å². The van der Waals surface area contributed by atoms with Crippen molar-refractivity contribution in [3.05, 3.63) is 59.9 Å². The van der Waals surface area contributed by atoms with Crippen LogP contribution in [0.5, 0.6) is 11.5 Å². The van der Waals surface area contributed by atoms with Gasteiger partial charge < -0.3 is 19.9 Å². The Morgan fingerprint density at radius 1 is 1.32 bits per heavy atom. The predicted molar refractivity (Wildman–Crippen MR) is 94.3 cm³/mol. The number of fused-ring (bicyclic) bond motifs is 2. The van der Waals surface area contributed by atoms with Crippen molar-refractivity contribution in [1.29, 1.82) is 0 Å². The number of aromatic nitrogens is 2. The molecular weight excluding hydrogens is 375 g/mol. The second kappa shape index (κ2) is 6.68. The number of pyridine rings is 1. The fourth-order valence-electron chi connectivity index (χ4n) is 3.46. The van der Waals surface area contributed by atoms with Gasteiger partial charge in [0, 0.05) is 23.9 Å². The number of rotatable bonds is 4. The highest BCUT2D eigenvalue weighted by molar-refractivity contribution is 5.54. The summed E-state index contributed by atoms with van der Waals surface area (Å²) in [5.41, 5.74) is -1.43. The van der Waals surface area contributed by atoms with Crippen LogP contribution in [0.25, 0.3) is 5.52 Å². The van der Waals surface area contributed by atoms with Crippen molar-refractivity contribution in [3.63, 3.8) is 0 Å². The lowest BCUT2D eigenvalue weighted by molar-refractivity contribution is -0.284. The number of ether oxygens (including phenoxy) is 2. The molecule has 0 spiro atoms. The zero-order chi connectivity index (χ0) is 19.9. The summed E-state index contributed by atoms with van der Waals surface area (Å²) in [4.78, 5) is 0. The number of benzene rings is 1. The fraction of sp³-hybridized carbons (Fsp3) is 0.316. The van der Waals surface area contributed by atoms with Gasteiger partial charge in [0.05, 0.1) is 24.9 Å². The van der Waals surface area contributed by atoms with Gasteiger partial charge in [0.15, 0.2) is 11.5 Å². The Kier molecular flexibility index (Phi) is 4.43. The van der Waals surface area contributed by atoms with Gasteiger partial charge in [0.2, 0.25) is 5.60 Å². The van der Waals surface area contributed by atoms with E-state index in [1.807, 2.05) is 12.1 Å². The molecule has 2 aromatic heterocycles. The Morgan fingerprint density at radius 3 is 2.89 bits per heavy atom. The van der Waals surface area contributed by atoms with E-state index in [0.29, 0.717) is 11.3 Å². The molecule has 0 saturated heterocycles. The number of aliphatic hydroxyl groups is 1. The molecule has 2 atom stereocenters. The van der Waals surface area contributed by atoms with Gasteiger partial charge in [-0.15, -0.1) is 0 Å². The van der Waals surface area contributed by atoms with E-state index < -0.39 is 24.4 Å². The van der Waals surface area contributed by atoms with Gasteiger partial charge in [0.1, 0.15) is 6.61 Å². The number of alkyl halides is 3. The van der Waals surface area contributed by atoms with E-state index in [4.69, 9.17) is 9.47 Å². The second-order valence-corrected chi connectivity index (χ2v) is 6.60. The van der Waals surface area contributed by atoms with Gasteiger partial charge in [-0.3, -0.25) is 0 Å².